The number of hydrogen-bond donors (Lipinski definition) is 2. The van der Waals surface area contributed by atoms with Crippen molar-refractivity contribution in [1.29, 1.82) is 0 Å². The first-order chi connectivity index (χ1) is 14.1. The van der Waals surface area contributed by atoms with Gasteiger partial charge in [-0.05, 0) is 54.8 Å². The summed E-state index contributed by atoms with van der Waals surface area (Å²) in [5.74, 6) is 0.179. The minimum atomic E-state index is -0.356. The van der Waals surface area contributed by atoms with Crippen LogP contribution >= 0.6 is 0 Å². The number of ether oxygens (including phenoxy) is 1. The minimum Gasteiger partial charge on any atom is -0.497 e. The first-order valence-corrected chi connectivity index (χ1v) is 9.31. The third-order valence-corrected chi connectivity index (χ3v) is 4.48. The Balaban J connectivity index is 1.60. The van der Waals surface area contributed by atoms with E-state index in [0.29, 0.717) is 24.2 Å². The number of benzene rings is 2. The summed E-state index contributed by atoms with van der Waals surface area (Å²) in [6, 6.07) is 18.3. The van der Waals surface area contributed by atoms with Crippen molar-refractivity contribution in [2.45, 2.75) is 13.3 Å². The predicted octanol–water partition coefficient (Wildman–Crippen LogP) is 3.62. The highest BCUT2D eigenvalue weighted by atomic mass is 16.5. The molecule has 2 amide bonds. The molecule has 0 fully saturated rings. The molecule has 2 N–H and O–H groups in total. The molecule has 6 heteroatoms. The van der Waals surface area contributed by atoms with Gasteiger partial charge in [0.2, 0.25) is 0 Å². The summed E-state index contributed by atoms with van der Waals surface area (Å²) in [7, 11) is 1.62. The Labute approximate surface area is 169 Å². The quantitative estimate of drug-likeness (QED) is 0.647. The number of carbonyl (C=O) groups excluding carboxylic acids is 2. The van der Waals surface area contributed by atoms with Crippen LogP contribution < -0.4 is 15.4 Å². The molecule has 0 aliphatic rings. The topological polar surface area (TPSA) is 80.3 Å². The molecule has 0 unspecified atom stereocenters. The highest BCUT2D eigenvalue weighted by Gasteiger charge is 2.13. The molecule has 0 saturated heterocycles. The van der Waals surface area contributed by atoms with Gasteiger partial charge < -0.3 is 15.4 Å². The number of rotatable bonds is 7. The van der Waals surface area contributed by atoms with Gasteiger partial charge in [-0.3, -0.25) is 14.6 Å². The average Bonchev–Trinajstić information content (AvgIpc) is 2.75. The van der Waals surface area contributed by atoms with Crippen LogP contribution in [0.15, 0.2) is 66.9 Å². The van der Waals surface area contributed by atoms with Gasteiger partial charge in [0.15, 0.2) is 0 Å². The Hall–Kier alpha value is -3.67. The van der Waals surface area contributed by atoms with E-state index in [9.17, 15) is 9.59 Å². The molecule has 1 heterocycles. The lowest BCUT2D eigenvalue weighted by molar-refractivity contribution is 0.0954. The number of aromatic nitrogens is 1. The van der Waals surface area contributed by atoms with Crippen molar-refractivity contribution >= 4 is 17.5 Å². The number of nitrogens with one attached hydrogen (secondary N) is 2. The van der Waals surface area contributed by atoms with Crippen molar-refractivity contribution in [2.24, 2.45) is 0 Å². The zero-order valence-electron chi connectivity index (χ0n) is 16.4. The van der Waals surface area contributed by atoms with E-state index >= 15 is 0 Å². The molecule has 0 aliphatic heterocycles. The smallest absolute Gasteiger partial charge is 0.274 e. The van der Waals surface area contributed by atoms with E-state index in [1.165, 1.54) is 12.3 Å². The van der Waals surface area contributed by atoms with Gasteiger partial charge in [0.1, 0.15) is 11.4 Å². The van der Waals surface area contributed by atoms with Crippen molar-refractivity contribution < 1.29 is 14.3 Å². The number of aryl methyl sites for hydroxylation is 1. The average molecular weight is 389 g/mol. The van der Waals surface area contributed by atoms with Crippen molar-refractivity contribution in [3.8, 4) is 5.75 Å². The largest absolute Gasteiger partial charge is 0.497 e. The number of anilines is 1. The molecule has 0 atom stereocenters. The molecule has 148 valence electrons. The van der Waals surface area contributed by atoms with E-state index in [1.54, 1.807) is 13.2 Å². The summed E-state index contributed by atoms with van der Waals surface area (Å²) >= 11 is 0. The van der Waals surface area contributed by atoms with Crippen LogP contribution in [0.4, 0.5) is 5.69 Å². The van der Waals surface area contributed by atoms with E-state index in [-0.39, 0.29) is 17.5 Å². The Kier molecular flexibility index (Phi) is 6.58. The van der Waals surface area contributed by atoms with Crippen LogP contribution in [0.2, 0.25) is 0 Å². The molecule has 0 bridgehead atoms. The third kappa shape index (κ3) is 5.42. The van der Waals surface area contributed by atoms with Gasteiger partial charge in [-0.15, -0.1) is 0 Å². The lowest BCUT2D eigenvalue weighted by Gasteiger charge is -2.09. The molecule has 1 aromatic heterocycles. The lowest BCUT2D eigenvalue weighted by atomic mass is 10.1. The van der Waals surface area contributed by atoms with E-state index in [2.05, 4.69) is 15.6 Å². The molecule has 0 radical (unpaired) electrons. The van der Waals surface area contributed by atoms with Crippen molar-refractivity contribution in [1.82, 2.24) is 10.3 Å². The van der Waals surface area contributed by atoms with Gasteiger partial charge in [-0.25, -0.2) is 0 Å². The summed E-state index contributed by atoms with van der Waals surface area (Å²) in [5, 5.41) is 5.69. The second kappa shape index (κ2) is 9.50. The van der Waals surface area contributed by atoms with E-state index in [4.69, 9.17) is 4.74 Å². The van der Waals surface area contributed by atoms with Crippen LogP contribution in [0.3, 0.4) is 0 Å². The monoisotopic (exact) mass is 389 g/mol. The molecule has 0 saturated carbocycles. The second-order valence-electron chi connectivity index (χ2n) is 6.56. The van der Waals surface area contributed by atoms with Crippen molar-refractivity contribution in [3.63, 3.8) is 0 Å². The zero-order valence-corrected chi connectivity index (χ0v) is 16.4. The molecular formula is C23H23N3O3. The molecule has 3 aromatic rings. The maximum absolute atomic E-state index is 12.5. The van der Waals surface area contributed by atoms with Crippen LogP contribution in [0, 0.1) is 6.92 Å². The lowest BCUT2D eigenvalue weighted by Crippen LogP contribution is -2.26. The molecule has 0 aliphatic carbocycles. The maximum atomic E-state index is 12.5. The molecule has 3 rings (SSSR count). The number of para-hydroxylation sites is 1. The second-order valence-corrected chi connectivity index (χ2v) is 6.56. The van der Waals surface area contributed by atoms with Crippen LogP contribution in [-0.2, 0) is 6.42 Å². The summed E-state index contributed by atoms with van der Waals surface area (Å²) in [6.07, 6.45) is 2.14. The maximum Gasteiger partial charge on any atom is 0.274 e. The highest BCUT2D eigenvalue weighted by Crippen LogP contribution is 2.15. The molecule has 0 spiro atoms. The molecule has 29 heavy (non-hydrogen) atoms. The SMILES string of the molecule is COc1cccc(CCNC(=O)c2ccnc(C(=O)Nc3ccccc3C)c2)c1. The Morgan fingerprint density at radius 1 is 1.00 bits per heavy atom. The fourth-order valence-corrected chi connectivity index (χ4v) is 2.85. The zero-order chi connectivity index (χ0) is 20.6. The van der Waals surface area contributed by atoms with E-state index < -0.39 is 0 Å². The van der Waals surface area contributed by atoms with Gasteiger partial charge in [-0.2, -0.15) is 0 Å². The van der Waals surface area contributed by atoms with E-state index in [1.807, 2.05) is 55.5 Å². The molecular weight excluding hydrogens is 366 g/mol. The van der Waals surface area contributed by atoms with Gasteiger partial charge in [0.05, 0.1) is 7.11 Å². The van der Waals surface area contributed by atoms with E-state index in [0.717, 1.165) is 16.9 Å². The third-order valence-electron chi connectivity index (χ3n) is 4.48. The summed E-state index contributed by atoms with van der Waals surface area (Å²) in [5.41, 5.74) is 3.31. The van der Waals surface area contributed by atoms with Crippen molar-refractivity contribution in [3.05, 3.63) is 89.2 Å². The Bertz CT molecular complexity index is 1020. The number of amides is 2. The van der Waals surface area contributed by atoms with Gasteiger partial charge in [0.25, 0.3) is 11.8 Å². The first kappa shape index (κ1) is 20.1. The Morgan fingerprint density at radius 3 is 2.62 bits per heavy atom. The van der Waals surface area contributed by atoms with Crippen LogP contribution in [0.1, 0.15) is 32.0 Å². The van der Waals surface area contributed by atoms with Crippen molar-refractivity contribution in [2.75, 3.05) is 19.0 Å². The Morgan fingerprint density at radius 2 is 1.83 bits per heavy atom. The van der Waals surface area contributed by atoms with Gasteiger partial charge in [0, 0.05) is 24.0 Å². The number of pyridine rings is 1. The summed E-state index contributed by atoms with van der Waals surface area (Å²) < 4.78 is 5.20. The predicted molar refractivity (Wildman–Crippen MR) is 112 cm³/mol. The standard InChI is InChI=1S/C23H23N3O3/c1-16-6-3-4-9-20(16)26-23(28)21-15-18(11-13-24-21)22(27)25-12-10-17-7-5-8-19(14-17)29-2/h3-9,11,13-15H,10,12H2,1-2H3,(H,25,27)(H,26,28). The van der Waals surface area contributed by atoms with Crippen LogP contribution in [-0.4, -0.2) is 30.5 Å². The fraction of sp³-hybridized carbons (Fsp3) is 0.174. The summed E-state index contributed by atoms with van der Waals surface area (Å²) in [4.78, 5) is 29.0. The highest BCUT2D eigenvalue weighted by molar-refractivity contribution is 6.05. The van der Waals surface area contributed by atoms with Gasteiger partial charge in [-0.1, -0.05) is 30.3 Å². The number of nitrogens with zero attached hydrogens (tertiary/aromatic N) is 1. The molecule has 2 aromatic carbocycles. The van der Waals surface area contributed by atoms with Gasteiger partial charge >= 0.3 is 0 Å². The van der Waals surface area contributed by atoms with Crippen LogP contribution in [0.25, 0.3) is 0 Å². The van der Waals surface area contributed by atoms with Crippen LogP contribution in [0.5, 0.6) is 5.75 Å². The number of methoxy groups -OCH3 is 1. The number of carbonyl (C=O) groups is 2. The first-order valence-electron chi connectivity index (χ1n) is 9.31. The minimum absolute atomic E-state index is 0.189. The summed E-state index contributed by atoms with van der Waals surface area (Å²) in [6.45, 7) is 2.38. The number of hydrogen-bond acceptors (Lipinski definition) is 4. The normalized spacial score (nSPS) is 10.3. The fourth-order valence-electron chi connectivity index (χ4n) is 2.85. The molecule has 6 nitrogen and oxygen atoms in total.